The molecular formula is C25H37NO5. The predicted octanol–water partition coefficient (Wildman–Crippen LogP) is 3.07. The van der Waals surface area contributed by atoms with Gasteiger partial charge in [-0.2, -0.15) is 5.06 Å². The number of ketones is 1. The Hall–Kier alpha value is -1.05. The smallest absolute Gasteiger partial charge is 0.170 e. The number of aliphatic hydroxyl groups is 2. The summed E-state index contributed by atoms with van der Waals surface area (Å²) in [6.45, 7) is 8.36. The highest BCUT2D eigenvalue weighted by molar-refractivity contribution is 5.93. The van der Waals surface area contributed by atoms with Crippen LogP contribution >= 0.6 is 0 Å². The van der Waals surface area contributed by atoms with E-state index in [4.69, 9.17) is 4.74 Å². The van der Waals surface area contributed by atoms with Crippen LogP contribution in [-0.4, -0.2) is 56.8 Å². The van der Waals surface area contributed by atoms with E-state index in [-0.39, 0.29) is 35.1 Å². The molecule has 0 bridgehead atoms. The molecule has 0 radical (unpaired) electrons. The lowest BCUT2D eigenvalue weighted by molar-refractivity contribution is -0.300. The third-order valence-electron chi connectivity index (χ3n) is 9.83. The maximum Gasteiger partial charge on any atom is 0.170 e. The number of hydrogen-bond acceptors (Lipinski definition) is 6. The Bertz CT molecular complexity index is 851. The van der Waals surface area contributed by atoms with Crippen LogP contribution in [-0.2, 0) is 9.53 Å². The van der Waals surface area contributed by atoms with Crippen molar-refractivity contribution in [3.8, 4) is 0 Å². The number of carbonyl (C=O) groups excluding carboxylic acids is 1. The maximum absolute atomic E-state index is 12.0. The minimum atomic E-state index is -1.13. The summed E-state index contributed by atoms with van der Waals surface area (Å²) in [7, 11) is 0. The quantitative estimate of drug-likeness (QED) is 0.582. The molecule has 172 valence electrons. The Labute approximate surface area is 184 Å². The van der Waals surface area contributed by atoms with Gasteiger partial charge in [0.05, 0.1) is 24.9 Å². The van der Waals surface area contributed by atoms with Gasteiger partial charge in [-0.05, 0) is 62.9 Å². The maximum atomic E-state index is 12.0. The van der Waals surface area contributed by atoms with Gasteiger partial charge in [-0.3, -0.25) is 4.79 Å². The van der Waals surface area contributed by atoms with E-state index in [9.17, 15) is 20.2 Å². The van der Waals surface area contributed by atoms with Crippen molar-refractivity contribution < 1.29 is 25.0 Å². The first-order chi connectivity index (χ1) is 14.5. The zero-order chi connectivity index (χ0) is 22.4. The van der Waals surface area contributed by atoms with E-state index in [0.29, 0.717) is 31.3 Å². The Morgan fingerprint density at radius 3 is 2.61 bits per heavy atom. The lowest BCUT2D eigenvalue weighted by Gasteiger charge is -2.59. The van der Waals surface area contributed by atoms with Crippen LogP contribution in [0.15, 0.2) is 23.8 Å². The Morgan fingerprint density at radius 1 is 1.23 bits per heavy atom. The average Bonchev–Trinajstić information content (AvgIpc) is 3.16. The molecule has 1 aliphatic heterocycles. The van der Waals surface area contributed by atoms with Crippen LogP contribution in [0.4, 0.5) is 0 Å². The molecule has 0 spiro atoms. The average molecular weight is 432 g/mol. The number of ether oxygens (including phenoxy) is 1. The van der Waals surface area contributed by atoms with Gasteiger partial charge in [-0.1, -0.05) is 31.6 Å². The molecule has 5 aliphatic rings. The Kier molecular flexibility index (Phi) is 4.73. The Morgan fingerprint density at radius 2 is 1.97 bits per heavy atom. The normalized spacial score (nSPS) is 51.3. The second-order valence-electron chi connectivity index (χ2n) is 11.8. The molecule has 3 N–H and O–H groups in total. The summed E-state index contributed by atoms with van der Waals surface area (Å²) in [5, 5.41) is 34.4. The molecule has 2 saturated carbocycles. The molecule has 8 atom stereocenters. The van der Waals surface area contributed by atoms with Crippen LogP contribution in [0.5, 0.6) is 0 Å². The zero-order valence-electron chi connectivity index (χ0n) is 19.2. The predicted molar refractivity (Wildman–Crippen MR) is 115 cm³/mol. The van der Waals surface area contributed by atoms with Crippen LogP contribution < -0.4 is 0 Å². The molecule has 0 aromatic rings. The number of hydroxylamine groups is 2. The van der Waals surface area contributed by atoms with Crippen molar-refractivity contribution in [2.75, 3.05) is 13.2 Å². The molecule has 3 fully saturated rings. The highest BCUT2D eigenvalue weighted by atomic mass is 16.6. The van der Waals surface area contributed by atoms with Crippen molar-refractivity contribution in [1.29, 1.82) is 0 Å². The van der Waals surface area contributed by atoms with Gasteiger partial charge in [-0.25, -0.2) is 0 Å². The fourth-order valence-electron chi connectivity index (χ4n) is 8.38. The van der Waals surface area contributed by atoms with Crippen molar-refractivity contribution in [3.63, 3.8) is 0 Å². The van der Waals surface area contributed by atoms with Crippen LogP contribution in [0.25, 0.3) is 0 Å². The van der Waals surface area contributed by atoms with Gasteiger partial charge < -0.3 is 20.2 Å². The van der Waals surface area contributed by atoms with E-state index in [1.54, 1.807) is 6.08 Å². The molecule has 0 aromatic heterocycles. The van der Waals surface area contributed by atoms with Crippen molar-refractivity contribution in [2.45, 2.75) is 77.2 Å². The van der Waals surface area contributed by atoms with Crippen molar-refractivity contribution >= 4 is 5.78 Å². The Balaban J connectivity index is 1.52. The molecule has 6 heteroatoms. The summed E-state index contributed by atoms with van der Waals surface area (Å²) in [4.78, 5) is 12.0. The van der Waals surface area contributed by atoms with Crippen molar-refractivity contribution in [2.24, 2.45) is 34.5 Å². The fourth-order valence-corrected chi connectivity index (χ4v) is 8.38. The van der Waals surface area contributed by atoms with Gasteiger partial charge in [0.1, 0.15) is 0 Å². The van der Waals surface area contributed by atoms with Crippen molar-refractivity contribution in [1.82, 2.24) is 5.06 Å². The number of fused-ring (bicyclic) bond motifs is 5. The van der Waals surface area contributed by atoms with E-state index in [2.05, 4.69) is 19.9 Å². The second kappa shape index (κ2) is 6.73. The lowest BCUT2D eigenvalue weighted by atomic mass is 9.47. The molecule has 0 aromatic carbocycles. The van der Waals surface area contributed by atoms with Crippen LogP contribution in [0.1, 0.15) is 59.8 Å². The van der Waals surface area contributed by atoms with Gasteiger partial charge in [0.25, 0.3) is 0 Å². The first-order valence-corrected chi connectivity index (χ1v) is 11.8. The van der Waals surface area contributed by atoms with Gasteiger partial charge >= 0.3 is 0 Å². The van der Waals surface area contributed by atoms with Gasteiger partial charge in [-0.15, -0.1) is 0 Å². The largest absolute Gasteiger partial charge is 0.393 e. The molecule has 4 unspecified atom stereocenters. The standard InChI is InChI=1S/C25H37NO5/c1-22(2)14-31-25(13-27,26(22)30)20-8-7-18-17-6-5-15-11-16(28)9-10-23(15,3)21(17)19(29)12-24(18,20)4/h5,9-10,17-21,27,29-30H,6-8,11-14H2,1-4H3/t17?,18?,19-,20-,21?,23-,24-,25?/m0/s1. The molecule has 5 rings (SSSR count). The van der Waals surface area contributed by atoms with E-state index >= 15 is 0 Å². The molecule has 31 heavy (non-hydrogen) atoms. The van der Waals surface area contributed by atoms with Crippen LogP contribution in [0, 0.1) is 34.5 Å². The van der Waals surface area contributed by atoms with Crippen molar-refractivity contribution in [3.05, 3.63) is 23.8 Å². The molecule has 1 saturated heterocycles. The van der Waals surface area contributed by atoms with Gasteiger partial charge in [0.15, 0.2) is 11.5 Å². The summed E-state index contributed by atoms with van der Waals surface area (Å²) in [5.74, 6) is 0.842. The zero-order valence-corrected chi connectivity index (χ0v) is 19.2. The van der Waals surface area contributed by atoms with E-state index in [1.807, 2.05) is 19.9 Å². The molecule has 6 nitrogen and oxygen atoms in total. The monoisotopic (exact) mass is 431 g/mol. The summed E-state index contributed by atoms with van der Waals surface area (Å²) >= 11 is 0. The van der Waals surface area contributed by atoms with E-state index < -0.39 is 17.4 Å². The lowest BCUT2D eigenvalue weighted by Crippen LogP contribution is -2.63. The number of hydrogen-bond donors (Lipinski definition) is 3. The molecule has 4 aliphatic carbocycles. The van der Waals surface area contributed by atoms with Gasteiger partial charge in [0.2, 0.25) is 0 Å². The van der Waals surface area contributed by atoms with E-state index in [1.165, 1.54) is 5.06 Å². The summed E-state index contributed by atoms with van der Waals surface area (Å²) in [5.41, 5.74) is -1.06. The van der Waals surface area contributed by atoms with Gasteiger partial charge in [0, 0.05) is 23.7 Å². The van der Waals surface area contributed by atoms with E-state index in [0.717, 1.165) is 24.8 Å². The number of allylic oxidation sites excluding steroid dienone is 4. The first kappa shape index (κ1) is 21.8. The fraction of sp³-hybridized carbons (Fsp3) is 0.800. The second-order valence-corrected chi connectivity index (χ2v) is 11.8. The topological polar surface area (TPSA) is 90.2 Å². The SMILES string of the molecule is CC1(C)COC(CO)([C@H]2CCC3C4CC=C5CC(=O)C=C[C@]5(C)C4[C@@H](O)C[C@@]32C)N1O. The molecular weight excluding hydrogens is 394 g/mol. The number of carbonyl (C=O) groups is 1. The highest BCUT2D eigenvalue weighted by Crippen LogP contribution is 2.67. The number of nitrogens with zero attached hydrogens (tertiary/aromatic N) is 1. The first-order valence-electron chi connectivity index (χ1n) is 11.8. The van der Waals surface area contributed by atoms with Crippen LogP contribution in [0.3, 0.4) is 0 Å². The number of aliphatic hydroxyl groups excluding tert-OH is 2. The minimum absolute atomic E-state index is 0.0703. The summed E-state index contributed by atoms with van der Waals surface area (Å²) in [6.07, 6.45) is 9.30. The molecule has 1 heterocycles. The van der Waals surface area contributed by atoms with Crippen LogP contribution in [0.2, 0.25) is 0 Å². The summed E-state index contributed by atoms with van der Waals surface area (Å²) in [6, 6.07) is 0. The third-order valence-corrected chi connectivity index (χ3v) is 9.83. The summed E-state index contributed by atoms with van der Waals surface area (Å²) < 4.78 is 6.19. The third kappa shape index (κ3) is 2.72. The molecule has 0 amide bonds. The minimum Gasteiger partial charge on any atom is -0.393 e. The number of rotatable bonds is 2. The highest BCUT2D eigenvalue weighted by Gasteiger charge is 2.68.